The van der Waals surface area contributed by atoms with E-state index in [2.05, 4.69) is 46.4 Å². The fourth-order valence-electron chi connectivity index (χ4n) is 1.72. The first-order valence-electron chi connectivity index (χ1n) is 7.60. The summed E-state index contributed by atoms with van der Waals surface area (Å²) < 4.78 is 5.04. The minimum Gasteiger partial charge on any atom is -0.458 e. The summed E-state index contributed by atoms with van der Waals surface area (Å²) in [6, 6.07) is 0. The van der Waals surface area contributed by atoms with Crippen LogP contribution in [0.5, 0.6) is 0 Å². The zero-order valence-corrected chi connectivity index (χ0v) is 14.3. The summed E-state index contributed by atoms with van der Waals surface area (Å²) in [6.07, 6.45) is 10.8. The van der Waals surface area contributed by atoms with Crippen molar-refractivity contribution in [1.29, 1.82) is 0 Å². The van der Waals surface area contributed by atoms with Gasteiger partial charge in [-0.05, 0) is 66.4 Å². The van der Waals surface area contributed by atoms with Crippen LogP contribution in [-0.4, -0.2) is 12.6 Å². The molecule has 0 aromatic rings. The summed E-state index contributed by atoms with van der Waals surface area (Å²) >= 11 is 0. The lowest BCUT2D eigenvalue weighted by molar-refractivity contribution is -0.137. The van der Waals surface area contributed by atoms with E-state index in [0.29, 0.717) is 12.2 Å². The maximum Gasteiger partial charge on any atom is 0.333 e. The number of carbonyl (C=O) groups excluding carboxylic acids is 1. The molecule has 0 atom stereocenters. The third-order valence-corrected chi connectivity index (χ3v) is 3.12. The van der Waals surface area contributed by atoms with Gasteiger partial charge in [0.25, 0.3) is 0 Å². The van der Waals surface area contributed by atoms with E-state index in [0.717, 1.165) is 25.7 Å². The lowest BCUT2D eigenvalue weighted by Gasteiger charge is -2.03. The molecule has 0 aromatic carbocycles. The van der Waals surface area contributed by atoms with Crippen LogP contribution in [0.15, 0.2) is 47.1 Å². The average Bonchev–Trinajstić information content (AvgIpc) is 2.37. The Kier molecular flexibility index (Phi) is 10.3. The largest absolute Gasteiger partial charge is 0.458 e. The first-order chi connectivity index (χ1) is 9.82. The van der Waals surface area contributed by atoms with Gasteiger partial charge >= 0.3 is 5.97 Å². The average molecular weight is 290 g/mol. The van der Waals surface area contributed by atoms with Crippen LogP contribution in [0.1, 0.15) is 60.3 Å². The van der Waals surface area contributed by atoms with Crippen molar-refractivity contribution in [3.05, 3.63) is 47.1 Å². The molecule has 0 aromatic heterocycles. The SMILES string of the molecule is C=C(C)C(=O)OCC=C(C)CCC=C(C)CCC=C(C)C. The molecule has 0 saturated heterocycles. The van der Waals surface area contributed by atoms with Gasteiger partial charge in [0.1, 0.15) is 6.61 Å². The van der Waals surface area contributed by atoms with Crippen LogP contribution in [0.3, 0.4) is 0 Å². The second kappa shape index (κ2) is 11.1. The van der Waals surface area contributed by atoms with Crippen molar-refractivity contribution >= 4 is 5.97 Å². The predicted octanol–water partition coefficient (Wildman–Crippen LogP) is 5.52. The molecule has 118 valence electrons. The number of allylic oxidation sites excluding steroid dienone is 5. The Hall–Kier alpha value is -1.57. The van der Waals surface area contributed by atoms with Gasteiger partial charge in [0, 0.05) is 5.57 Å². The summed E-state index contributed by atoms with van der Waals surface area (Å²) in [4.78, 5) is 11.2. The van der Waals surface area contributed by atoms with Crippen LogP contribution in [-0.2, 0) is 9.53 Å². The van der Waals surface area contributed by atoms with Crippen LogP contribution in [0, 0.1) is 0 Å². The molecule has 0 aliphatic heterocycles. The van der Waals surface area contributed by atoms with Crippen LogP contribution >= 0.6 is 0 Å². The van der Waals surface area contributed by atoms with E-state index in [1.807, 2.05) is 6.08 Å². The highest BCUT2D eigenvalue weighted by molar-refractivity contribution is 5.86. The molecule has 0 rings (SSSR count). The molecule has 0 unspecified atom stereocenters. The van der Waals surface area contributed by atoms with Crippen molar-refractivity contribution in [2.45, 2.75) is 60.3 Å². The summed E-state index contributed by atoms with van der Waals surface area (Å²) in [5, 5.41) is 0. The smallest absolute Gasteiger partial charge is 0.333 e. The van der Waals surface area contributed by atoms with Crippen LogP contribution in [0.2, 0.25) is 0 Å². The van der Waals surface area contributed by atoms with Crippen molar-refractivity contribution < 1.29 is 9.53 Å². The van der Waals surface area contributed by atoms with Crippen molar-refractivity contribution in [2.75, 3.05) is 6.61 Å². The molecule has 0 N–H and O–H groups in total. The molecule has 21 heavy (non-hydrogen) atoms. The molecule has 0 aliphatic carbocycles. The molecule has 0 bridgehead atoms. The normalized spacial score (nSPS) is 12.0. The van der Waals surface area contributed by atoms with Gasteiger partial charge in [0.05, 0.1) is 0 Å². The van der Waals surface area contributed by atoms with E-state index >= 15 is 0 Å². The Bertz CT molecular complexity index is 432. The van der Waals surface area contributed by atoms with E-state index in [9.17, 15) is 4.79 Å². The van der Waals surface area contributed by atoms with Gasteiger partial charge in [-0.1, -0.05) is 35.5 Å². The number of rotatable bonds is 9. The molecule has 0 spiro atoms. The molecule has 0 amide bonds. The van der Waals surface area contributed by atoms with E-state index in [-0.39, 0.29) is 5.97 Å². The van der Waals surface area contributed by atoms with Gasteiger partial charge in [-0.25, -0.2) is 4.79 Å². The van der Waals surface area contributed by atoms with Gasteiger partial charge in [-0.15, -0.1) is 0 Å². The number of hydrogen-bond donors (Lipinski definition) is 0. The zero-order chi connectivity index (χ0) is 16.3. The molecule has 0 aliphatic rings. The topological polar surface area (TPSA) is 26.3 Å². The minimum absolute atomic E-state index is 0.325. The minimum atomic E-state index is -0.325. The van der Waals surface area contributed by atoms with Gasteiger partial charge < -0.3 is 4.74 Å². The zero-order valence-electron chi connectivity index (χ0n) is 14.3. The number of carbonyl (C=O) groups is 1. The molecular formula is C19H30O2. The summed E-state index contributed by atoms with van der Waals surface area (Å²) in [7, 11) is 0. The van der Waals surface area contributed by atoms with Crippen molar-refractivity contribution in [3.8, 4) is 0 Å². The van der Waals surface area contributed by atoms with E-state index in [4.69, 9.17) is 4.74 Å². The molecule has 0 heterocycles. The Morgan fingerprint density at radius 1 is 0.905 bits per heavy atom. The second-order valence-electron chi connectivity index (χ2n) is 5.84. The number of hydrogen-bond acceptors (Lipinski definition) is 2. The Balaban J connectivity index is 3.96. The quantitative estimate of drug-likeness (QED) is 0.317. The Morgan fingerprint density at radius 2 is 1.43 bits per heavy atom. The van der Waals surface area contributed by atoms with E-state index in [1.165, 1.54) is 16.7 Å². The first kappa shape index (κ1) is 19.4. The van der Waals surface area contributed by atoms with Gasteiger partial charge in [0.2, 0.25) is 0 Å². The lowest BCUT2D eigenvalue weighted by atomic mass is 10.1. The van der Waals surface area contributed by atoms with Crippen LogP contribution < -0.4 is 0 Å². The highest BCUT2D eigenvalue weighted by atomic mass is 16.5. The maximum atomic E-state index is 11.2. The first-order valence-corrected chi connectivity index (χ1v) is 7.60. The van der Waals surface area contributed by atoms with E-state index < -0.39 is 0 Å². The van der Waals surface area contributed by atoms with Crippen LogP contribution in [0.25, 0.3) is 0 Å². The maximum absolute atomic E-state index is 11.2. The molecule has 0 fully saturated rings. The summed E-state index contributed by atoms with van der Waals surface area (Å²) in [5.74, 6) is -0.325. The molecule has 2 heteroatoms. The van der Waals surface area contributed by atoms with Gasteiger partial charge in [0.15, 0.2) is 0 Å². The van der Waals surface area contributed by atoms with Crippen LogP contribution in [0.4, 0.5) is 0 Å². The standard InChI is InChI=1S/C19H30O2/c1-15(2)9-7-10-17(5)11-8-12-18(6)13-14-21-19(20)16(3)4/h9,11,13H,3,7-8,10,12,14H2,1-2,4-6H3. The van der Waals surface area contributed by atoms with Crippen molar-refractivity contribution in [1.82, 2.24) is 0 Å². The van der Waals surface area contributed by atoms with Gasteiger partial charge in [-0.3, -0.25) is 0 Å². The van der Waals surface area contributed by atoms with E-state index in [1.54, 1.807) is 6.92 Å². The predicted molar refractivity (Wildman–Crippen MR) is 91.2 cm³/mol. The molecular weight excluding hydrogens is 260 g/mol. The Labute approximate surface area is 130 Å². The lowest BCUT2D eigenvalue weighted by Crippen LogP contribution is -2.04. The highest BCUT2D eigenvalue weighted by Gasteiger charge is 2.00. The Morgan fingerprint density at radius 3 is 1.95 bits per heavy atom. The summed E-state index contributed by atoms with van der Waals surface area (Å²) in [6.45, 7) is 14.1. The van der Waals surface area contributed by atoms with Crippen molar-refractivity contribution in [3.63, 3.8) is 0 Å². The van der Waals surface area contributed by atoms with Crippen molar-refractivity contribution in [2.24, 2.45) is 0 Å². The highest BCUT2D eigenvalue weighted by Crippen LogP contribution is 2.11. The number of ether oxygens (including phenoxy) is 1. The third-order valence-electron chi connectivity index (χ3n) is 3.12. The third kappa shape index (κ3) is 11.9. The monoisotopic (exact) mass is 290 g/mol. The summed E-state index contributed by atoms with van der Waals surface area (Å²) in [5.41, 5.74) is 4.51. The number of esters is 1. The molecule has 0 radical (unpaired) electrons. The molecule has 0 saturated carbocycles. The fourth-order valence-corrected chi connectivity index (χ4v) is 1.72. The fraction of sp³-hybridized carbons (Fsp3) is 0.526. The second-order valence-corrected chi connectivity index (χ2v) is 5.84. The van der Waals surface area contributed by atoms with Gasteiger partial charge in [-0.2, -0.15) is 0 Å². The molecule has 2 nitrogen and oxygen atoms in total.